The molecule has 2 aromatic carbocycles. The number of nitrogens with zero attached hydrogens (tertiary/aromatic N) is 6. The van der Waals surface area contributed by atoms with Crippen LogP contribution in [0.5, 0.6) is 17.6 Å². The Balaban J connectivity index is 1.33. The van der Waals surface area contributed by atoms with Crippen molar-refractivity contribution in [3.63, 3.8) is 0 Å². The number of ether oxygens (including phenoxy) is 2. The van der Waals surface area contributed by atoms with Crippen molar-refractivity contribution in [2.75, 3.05) is 43.5 Å². The van der Waals surface area contributed by atoms with Crippen LogP contribution >= 0.6 is 0 Å². The van der Waals surface area contributed by atoms with E-state index in [9.17, 15) is 13.9 Å². The minimum absolute atomic E-state index is 0.0130. The number of nitrogens with two attached hydrogens (primary N) is 1. The van der Waals surface area contributed by atoms with Crippen LogP contribution < -0.4 is 20.1 Å². The zero-order valence-corrected chi connectivity index (χ0v) is 28.0. The topological polar surface area (TPSA) is 123 Å². The first-order valence-electron chi connectivity index (χ1n) is 16.9. The van der Waals surface area contributed by atoms with Crippen molar-refractivity contribution >= 4 is 33.3 Å². The van der Waals surface area contributed by atoms with Gasteiger partial charge in [0.15, 0.2) is 5.82 Å². The van der Waals surface area contributed by atoms with Gasteiger partial charge in [-0.05, 0) is 79.8 Å². The van der Waals surface area contributed by atoms with Crippen molar-refractivity contribution in [2.45, 2.75) is 51.1 Å². The number of phenolic OH excluding ortho intramolecular Hbond substituents is 1. The molecular weight excluding hydrogens is 666 g/mol. The minimum atomic E-state index is -1.68. The number of aryl methyl sites for hydroxylation is 1. The van der Waals surface area contributed by atoms with Crippen LogP contribution in [-0.4, -0.2) is 68.3 Å². The molecule has 2 saturated heterocycles. The van der Waals surface area contributed by atoms with Crippen LogP contribution in [0.1, 0.15) is 50.3 Å². The van der Waals surface area contributed by atoms with E-state index in [4.69, 9.17) is 20.2 Å². The average molecular weight is 702 g/mol. The maximum atomic E-state index is 17.2. The van der Waals surface area contributed by atoms with Gasteiger partial charge in [0.25, 0.3) is 6.08 Å². The van der Waals surface area contributed by atoms with E-state index >= 15 is 8.78 Å². The Morgan fingerprint density at radius 2 is 1.96 bits per heavy atom. The van der Waals surface area contributed by atoms with Gasteiger partial charge in [0.05, 0.1) is 18.1 Å². The average Bonchev–Trinajstić information content (AvgIpc) is 3.62. The maximum Gasteiger partial charge on any atom is 0.319 e. The fourth-order valence-electron chi connectivity index (χ4n) is 8.03. The molecule has 3 N–H and O–H groups in total. The van der Waals surface area contributed by atoms with Gasteiger partial charge in [-0.3, -0.25) is 4.90 Å². The fourth-order valence-corrected chi connectivity index (χ4v) is 8.03. The lowest BCUT2D eigenvalue weighted by atomic mass is 9.94. The number of nitrogen functional groups attached to an aromatic ring is 1. The molecule has 3 aliphatic rings. The van der Waals surface area contributed by atoms with Gasteiger partial charge in [-0.1, -0.05) is 19.1 Å². The van der Waals surface area contributed by atoms with Crippen LogP contribution in [0.2, 0.25) is 0 Å². The number of phenols is 1. The second-order valence-corrected chi connectivity index (χ2v) is 13.4. The van der Waals surface area contributed by atoms with Gasteiger partial charge in [-0.2, -0.15) is 18.7 Å². The molecule has 3 aliphatic heterocycles. The SMILES string of the molecule is CCc1c(F)ccc2cc(O)cc(-c3nc4c5c(nc(OCC67CCCN6CC(=C(F)F)C7)nc5c3F)N([C@H](C)c3cccnc3N)CCO4)c12. The Hall–Kier alpha value is -5.24. The highest BCUT2D eigenvalue weighted by Crippen LogP contribution is 2.46. The second kappa shape index (κ2) is 12.5. The van der Waals surface area contributed by atoms with Gasteiger partial charge in [0, 0.05) is 29.4 Å². The van der Waals surface area contributed by atoms with Crippen LogP contribution in [0.15, 0.2) is 54.2 Å². The minimum Gasteiger partial charge on any atom is -0.508 e. The van der Waals surface area contributed by atoms with E-state index in [2.05, 4.69) is 15.0 Å². The summed E-state index contributed by atoms with van der Waals surface area (Å²) < 4.78 is 72.2. The number of hydrogen-bond donors (Lipinski definition) is 2. The Morgan fingerprint density at radius 3 is 2.75 bits per heavy atom. The molecule has 0 amide bonds. The Kier molecular flexibility index (Phi) is 8.08. The summed E-state index contributed by atoms with van der Waals surface area (Å²) in [5.41, 5.74) is 6.55. The monoisotopic (exact) mass is 701 g/mol. The number of benzene rings is 2. The van der Waals surface area contributed by atoms with Gasteiger partial charge in [-0.15, -0.1) is 0 Å². The first-order valence-corrected chi connectivity index (χ1v) is 16.9. The summed E-state index contributed by atoms with van der Waals surface area (Å²) in [6.45, 7) is 4.95. The van der Waals surface area contributed by atoms with Gasteiger partial charge < -0.3 is 25.2 Å². The Labute approximate surface area is 290 Å². The van der Waals surface area contributed by atoms with Crippen molar-refractivity contribution < 1.29 is 32.1 Å². The first kappa shape index (κ1) is 32.9. The largest absolute Gasteiger partial charge is 0.508 e. The van der Waals surface area contributed by atoms with E-state index < -0.39 is 29.3 Å². The van der Waals surface area contributed by atoms with E-state index in [-0.39, 0.29) is 83.9 Å². The summed E-state index contributed by atoms with van der Waals surface area (Å²) in [5.74, 6) is -0.837. The smallest absolute Gasteiger partial charge is 0.319 e. The molecule has 51 heavy (non-hydrogen) atoms. The third kappa shape index (κ3) is 5.43. The van der Waals surface area contributed by atoms with Crippen molar-refractivity contribution in [1.82, 2.24) is 24.8 Å². The lowest BCUT2D eigenvalue weighted by molar-refractivity contribution is 0.108. The predicted molar refractivity (Wildman–Crippen MR) is 184 cm³/mol. The van der Waals surface area contributed by atoms with Crippen LogP contribution in [0.25, 0.3) is 32.9 Å². The van der Waals surface area contributed by atoms with Gasteiger partial charge >= 0.3 is 6.01 Å². The number of hydrogen-bond acceptors (Lipinski definition) is 10. The molecule has 3 aromatic heterocycles. The molecule has 0 bridgehead atoms. The highest BCUT2D eigenvalue weighted by Gasteiger charge is 2.48. The highest BCUT2D eigenvalue weighted by atomic mass is 19.3. The molecule has 0 spiro atoms. The zero-order chi connectivity index (χ0) is 35.6. The lowest BCUT2D eigenvalue weighted by Crippen LogP contribution is -2.43. The molecule has 8 rings (SSSR count). The molecule has 1 unspecified atom stereocenters. The van der Waals surface area contributed by atoms with Crippen LogP contribution in [0.4, 0.5) is 29.2 Å². The van der Waals surface area contributed by atoms with E-state index in [0.717, 1.165) is 6.42 Å². The van der Waals surface area contributed by atoms with Crippen molar-refractivity contribution in [1.29, 1.82) is 0 Å². The number of pyridine rings is 2. The number of halogens is 4. The number of fused-ring (bicyclic) bond motifs is 2. The zero-order valence-electron chi connectivity index (χ0n) is 28.0. The third-order valence-electron chi connectivity index (χ3n) is 10.5. The molecule has 264 valence electrons. The van der Waals surface area contributed by atoms with E-state index in [1.807, 2.05) is 22.8 Å². The summed E-state index contributed by atoms with van der Waals surface area (Å²) in [7, 11) is 0. The Bertz CT molecular complexity index is 2250. The summed E-state index contributed by atoms with van der Waals surface area (Å²) in [6.07, 6.45) is 1.85. The molecule has 0 saturated carbocycles. The highest BCUT2D eigenvalue weighted by molar-refractivity contribution is 6.03. The van der Waals surface area contributed by atoms with Gasteiger partial charge in [-0.25, -0.2) is 18.7 Å². The van der Waals surface area contributed by atoms with E-state index in [1.54, 1.807) is 19.2 Å². The summed E-state index contributed by atoms with van der Waals surface area (Å²) in [4.78, 5) is 22.2. The van der Waals surface area contributed by atoms with Crippen LogP contribution in [0, 0.1) is 11.6 Å². The fraction of sp³-hybridized carbons (Fsp3) is 0.351. The number of aromatic hydroxyl groups is 1. The standard InChI is InChI=1S/C37H35F4N7O3/c1-3-23-26(38)8-7-20-14-22(49)15-25(27(20)23)30-29(39)31-28-34(48(12-13-50-35(28)44-30)19(2)24-6-4-10-43-33(24)42)46-36(45-31)51-18-37-9-5-11-47(37)17-21(16-37)32(40)41/h4,6-8,10,14-15,19,49H,3,5,9,11-13,16-18H2,1-2H3,(H2,42,43)/t19-,37?/m1/s1. The van der Waals surface area contributed by atoms with Crippen molar-refractivity contribution in [2.24, 2.45) is 0 Å². The molecule has 5 aromatic rings. The molecular formula is C37H35F4N7O3. The molecule has 10 nitrogen and oxygen atoms in total. The Morgan fingerprint density at radius 1 is 1.12 bits per heavy atom. The molecule has 2 atom stereocenters. The van der Waals surface area contributed by atoms with Gasteiger partial charge in [0.1, 0.15) is 53.0 Å². The lowest BCUT2D eigenvalue weighted by Gasteiger charge is -2.32. The number of anilines is 2. The third-order valence-corrected chi connectivity index (χ3v) is 10.5. The predicted octanol–water partition coefficient (Wildman–Crippen LogP) is 7.10. The first-order chi connectivity index (χ1) is 24.6. The second-order valence-electron chi connectivity index (χ2n) is 13.4. The molecule has 2 fully saturated rings. The summed E-state index contributed by atoms with van der Waals surface area (Å²) in [6, 6.07) is 8.73. The van der Waals surface area contributed by atoms with E-state index in [1.165, 1.54) is 24.3 Å². The molecule has 0 aliphatic carbocycles. The summed E-state index contributed by atoms with van der Waals surface area (Å²) in [5, 5.41) is 11.8. The molecule has 0 radical (unpaired) electrons. The molecule has 6 heterocycles. The molecule has 14 heteroatoms. The normalized spacial score (nSPS) is 19.3. The number of rotatable bonds is 7. The quantitative estimate of drug-likeness (QED) is 0.170. The van der Waals surface area contributed by atoms with Crippen molar-refractivity contribution in [3.05, 3.63) is 77.0 Å². The number of aromatic nitrogens is 4. The van der Waals surface area contributed by atoms with Crippen molar-refractivity contribution in [3.8, 4) is 28.9 Å². The van der Waals surface area contributed by atoms with Crippen LogP contribution in [0.3, 0.4) is 0 Å². The van der Waals surface area contributed by atoms with Gasteiger partial charge in [0.2, 0.25) is 5.88 Å². The van der Waals surface area contributed by atoms with Crippen LogP contribution in [-0.2, 0) is 6.42 Å². The van der Waals surface area contributed by atoms with E-state index in [0.29, 0.717) is 47.1 Å². The maximum absolute atomic E-state index is 17.2. The summed E-state index contributed by atoms with van der Waals surface area (Å²) >= 11 is 0.